The highest BCUT2D eigenvalue weighted by molar-refractivity contribution is 5.35. The molecule has 0 heterocycles. The molecule has 30 heavy (non-hydrogen) atoms. The molecule has 0 aromatic heterocycles. The fourth-order valence-corrected chi connectivity index (χ4v) is 2.88. The Morgan fingerprint density at radius 2 is 1.73 bits per heavy atom. The topological polar surface area (TPSA) is 41.9 Å². The second-order valence-electron chi connectivity index (χ2n) is 6.73. The largest absolute Gasteiger partial charge is 0.573 e. The molecule has 0 radical (unpaired) electrons. The van der Waals surface area contributed by atoms with Crippen LogP contribution >= 0.6 is 0 Å². The van der Waals surface area contributed by atoms with Gasteiger partial charge in [-0.3, -0.25) is 0 Å². The van der Waals surface area contributed by atoms with Gasteiger partial charge in [0.1, 0.15) is 17.6 Å². The van der Waals surface area contributed by atoms with Crippen molar-refractivity contribution in [1.29, 1.82) is 0 Å². The van der Waals surface area contributed by atoms with Gasteiger partial charge in [0.05, 0.1) is 0 Å². The number of aliphatic hydroxyl groups is 1. The Morgan fingerprint density at radius 1 is 1.03 bits per heavy atom. The van der Waals surface area contributed by atoms with Gasteiger partial charge in [-0.15, -0.1) is 13.2 Å². The third kappa shape index (κ3) is 7.14. The van der Waals surface area contributed by atoms with Gasteiger partial charge >= 0.3 is 6.36 Å². The molecule has 166 valence electrons. The number of aliphatic hydroxyl groups excluding tert-OH is 1. The van der Waals surface area contributed by atoms with Crippen molar-refractivity contribution in [3.63, 3.8) is 0 Å². The minimum Gasteiger partial charge on any atom is -0.472 e. The van der Waals surface area contributed by atoms with Gasteiger partial charge in [-0.25, -0.2) is 4.90 Å². The lowest BCUT2D eigenvalue weighted by atomic mass is 10.0. The Labute approximate surface area is 171 Å². The van der Waals surface area contributed by atoms with Crippen molar-refractivity contribution in [2.24, 2.45) is 0 Å². The first-order chi connectivity index (χ1) is 14.1. The van der Waals surface area contributed by atoms with Gasteiger partial charge in [0.15, 0.2) is 6.23 Å². The van der Waals surface area contributed by atoms with E-state index in [9.17, 15) is 27.1 Å². The first-order valence-corrected chi connectivity index (χ1v) is 9.38. The summed E-state index contributed by atoms with van der Waals surface area (Å²) in [6.45, 7) is -1.16. The number of hydrogen-bond donors (Lipinski definition) is 1. The van der Waals surface area contributed by atoms with E-state index >= 15 is 0 Å². The van der Waals surface area contributed by atoms with Crippen LogP contribution in [-0.2, 0) is 12.8 Å². The zero-order valence-corrected chi connectivity index (χ0v) is 16.6. The minimum atomic E-state index is -4.77. The summed E-state index contributed by atoms with van der Waals surface area (Å²) < 4.78 is 73.1. The van der Waals surface area contributed by atoms with Crippen LogP contribution < -0.4 is 9.47 Å². The summed E-state index contributed by atoms with van der Waals surface area (Å²) in [5.41, 5.74) is 1.29. The quantitative estimate of drug-likeness (QED) is 0.325. The van der Waals surface area contributed by atoms with E-state index in [-0.39, 0.29) is 12.2 Å². The highest BCUT2D eigenvalue weighted by Crippen LogP contribution is 2.26. The monoisotopic (exact) mass is 433 g/mol. The zero-order valence-electron chi connectivity index (χ0n) is 16.6. The van der Waals surface area contributed by atoms with Crippen LogP contribution in [0.4, 0.5) is 22.0 Å². The summed E-state index contributed by atoms with van der Waals surface area (Å²) in [6.07, 6.45) is -6.17. The fraction of sp³-hybridized carbons (Fsp3) is 0.429. The van der Waals surface area contributed by atoms with E-state index in [1.54, 1.807) is 37.3 Å². The number of rotatable bonds is 10. The van der Waals surface area contributed by atoms with Crippen LogP contribution in [0, 0.1) is 0 Å². The number of hydrogen-bond acceptors (Lipinski definition) is 4. The third-order valence-electron chi connectivity index (χ3n) is 4.49. The molecule has 0 bridgehead atoms. The van der Waals surface area contributed by atoms with Crippen molar-refractivity contribution in [3.05, 3.63) is 59.7 Å². The second kappa shape index (κ2) is 10.6. The molecule has 2 unspecified atom stereocenters. The lowest BCUT2D eigenvalue weighted by molar-refractivity contribution is -0.274. The van der Waals surface area contributed by atoms with Gasteiger partial charge in [-0.2, -0.15) is 8.78 Å². The lowest BCUT2D eigenvalue weighted by Gasteiger charge is -2.31. The van der Waals surface area contributed by atoms with Gasteiger partial charge in [0.2, 0.25) is 0 Å². The van der Waals surface area contributed by atoms with Gasteiger partial charge in [-0.05, 0) is 55.6 Å². The maximum absolute atomic E-state index is 13.1. The molecule has 0 fully saturated rings. The van der Waals surface area contributed by atoms with E-state index in [1.807, 2.05) is 0 Å². The summed E-state index contributed by atoms with van der Waals surface area (Å²) in [5.74, 6) is 0.0134. The average Bonchev–Trinajstić information content (AvgIpc) is 2.69. The Hall–Kier alpha value is -2.39. The maximum Gasteiger partial charge on any atom is 0.573 e. The standard InChI is InChI=1S/C21H24F5NO3/c1-3-17(28)19(27(2)20(22)23)29-18-10-5-4-8-15(18)12-11-14-7-6-9-16(13-14)30-21(24,25)26/h4-10,13,17,19-20,28H,3,11-12H2,1-2H3. The number of alkyl halides is 5. The van der Waals surface area contributed by atoms with Gasteiger partial charge < -0.3 is 14.6 Å². The van der Waals surface area contributed by atoms with Gasteiger partial charge in [0, 0.05) is 0 Å². The summed E-state index contributed by atoms with van der Waals surface area (Å²) in [4.78, 5) is 0.642. The molecule has 0 spiro atoms. The number of halogens is 5. The Kier molecular flexibility index (Phi) is 8.43. The Morgan fingerprint density at radius 3 is 2.37 bits per heavy atom. The van der Waals surface area contributed by atoms with E-state index in [1.165, 1.54) is 18.2 Å². The van der Waals surface area contributed by atoms with Crippen LogP contribution in [0.15, 0.2) is 48.5 Å². The van der Waals surface area contributed by atoms with Crippen LogP contribution in [0.25, 0.3) is 0 Å². The highest BCUT2D eigenvalue weighted by atomic mass is 19.4. The summed E-state index contributed by atoms with van der Waals surface area (Å²) in [7, 11) is 1.16. The number of aryl methyl sites for hydroxylation is 2. The fourth-order valence-electron chi connectivity index (χ4n) is 2.88. The smallest absolute Gasteiger partial charge is 0.472 e. The molecule has 0 aliphatic carbocycles. The molecule has 0 saturated carbocycles. The SMILES string of the molecule is CCC(O)C(Oc1ccccc1CCc1cccc(OC(F)(F)F)c1)N(C)C(F)F. The molecular formula is C21H24F5NO3. The molecule has 1 N–H and O–H groups in total. The van der Waals surface area contributed by atoms with Crippen molar-refractivity contribution in [3.8, 4) is 11.5 Å². The van der Waals surface area contributed by atoms with Crippen LogP contribution in [0.1, 0.15) is 24.5 Å². The summed E-state index contributed by atoms with van der Waals surface area (Å²) in [5, 5.41) is 10.1. The zero-order chi connectivity index (χ0) is 22.3. The van der Waals surface area contributed by atoms with Crippen LogP contribution in [0.3, 0.4) is 0 Å². The molecule has 2 aromatic carbocycles. The van der Waals surface area contributed by atoms with Crippen molar-refractivity contribution in [2.45, 2.75) is 51.4 Å². The minimum absolute atomic E-state index is 0.218. The number of benzene rings is 2. The molecule has 0 aliphatic rings. The molecule has 2 aromatic rings. The third-order valence-corrected chi connectivity index (χ3v) is 4.49. The van der Waals surface area contributed by atoms with E-state index in [2.05, 4.69) is 4.74 Å². The van der Waals surface area contributed by atoms with Crippen LogP contribution in [-0.4, -0.2) is 42.3 Å². The molecule has 4 nitrogen and oxygen atoms in total. The van der Waals surface area contributed by atoms with E-state index in [4.69, 9.17) is 4.74 Å². The molecule has 0 saturated heterocycles. The molecule has 2 rings (SSSR count). The number of para-hydroxylation sites is 1. The second-order valence-corrected chi connectivity index (χ2v) is 6.73. The molecular weight excluding hydrogens is 409 g/mol. The molecule has 2 atom stereocenters. The van der Waals surface area contributed by atoms with Crippen molar-refractivity contribution in [2.75, 3.05) is 7.05 Å². The highest BCUT2D eigenvalue weighted by Gasteiger charge is 2.31. The number of likely N-dealkylation sites (N-methyl/N-ethyl adjacent to an activating group) is 1. The average molecular weight is 433 g/mol. The lowest BCUT2D eigenvalue weighted by Crippen LogP contribution is -2.47. The van der Waals surface area contributed by atoms with Gasteiger partial charge in [-0.1, -0.05) is 37.3 Å². The van der Waals surface area contributed by atoms with Crippen LogP contribution in [0.2, 0.25) is 0 Å². The summed E-state index contributed by atoms with van der Waals surface area (Å²) in [6, 6.07) is 12.4. The van der Waals surface area contributed by atoms with Crippen molar-refractivity contribution >= 4 is 0 Å². The maximum atomic E-state index is 13.1. The normalized spacial score (nSPS) is 14.1. The predicted molar refractivity (Wildman–Crippen MR) is 101 cm³/mol. The van der Waals surface area contributed by atoms with Crippen molar-refractivity contribution < 1.29 is 36.5 Å². The number of ether oxygens (including phenoxy) is 2. The van der Waals surface area contributed by atoms with Gasteiger partial charge in [0.25, 0.3) is 6.55 Å². The Bertz CT molecular complexity index is 800. The van der Waals surface area contributed by atoms with E-state index in [0.717, 1.165) is 7.05 Å². The first kappa shape index (κ1) is 23.9. The van der Waals surface area contributed by atoms with Crippen molar-refractivity contribution in [1.82, 2.24) is 4.90 Å². The molecule has 0 aliphatic heterocycles. The Balaban J connectivity index is 2.14. The van der Waals surface area contributed by atoms with E-state index in [0.29, 0.717) is 34.6 Å². The molecule has 9 heteroatoms. The molecule has 0 amide bonds. The van der Waals surface area contributed by atoms with E-state index < -0.39 is 25.2 Å². The van der Waals surface area contributed by atoms with Crippen LogP contribution in [0.5, 0.6) is 11.5 Å². The summed E-state index contributed by atoms with van der Waals surface area (Å²) >= 11 is 0. The first-order valence-electron chi connectivity index (χ1n) is 9.38. The predicted octanol–water partition coefficient (Wildman–Crippen LogP) is 5.00. The number of nitrogens with zero attached hydrogens (tertiary/aromatic N) is 1.